The topological polar surface area (TPSA) is 101 Å². The van der Waals surface area contributed by atoms with Crippen LogP contribution in [-0.4, -0.2) is 81.6 Å². The number of carbonyl (C=O) groups is 1. The van der Waals surface area contributed by atoms with Crippen molar-refractivity contribution in [2.75, 3.05) is 52.4 Å². The molecule has 1 aliphatic rings. The lowest BCUT2D eigenvalue weighted by atomic mass is 10.0. The molecule has 224 valence electrons. The van der Waals surface area contributed by atoms with Crippen molar-refractivity contribution in [3.05, 3.63) is 64.5 Å². The number of thiazole rings is 1. The second kappa shape index (κ2) is 13.3. The number of nitrogens with zero attached hydrogens (tertiary/aromatic N) is 3. The van der Waals surface area contributed by atoms with Gasteiger partial charge in [-0.05, 0) is 62.2 Å². The van der Waals surface area contributed by atoms with Gasteiger partial charge in [0.2, 0.25) is 10.0 Å². The fourth-order valence-corrected chi connectivity index (χ4v) is 8.79. The summed E-state index contributed by atoms with van der Waals surface area (Å²) < 4.78 is 39.2. The van der Waals surface area contributed by atoms with E-state index in [1.165, 1.54) is 41.1 Å². The van der Waals surface area contributed by atoms with Crippen LogP contribution in [-0.2, 0) is 32.5 Å². The van der Waals surface area contributed by atoms with Crippen molar-refractivity contribution in [1.29, 1.82) is 0 Å². The Labute approximate surface area is 255 Å². The first-order chi connectivity index (χ1) is 20.2. The van der Waals surface area contributed by atoms with E-state index in [1.807, 2.05) is 18.2 Å². The molecule has 1 N–H and O–H groups in total. The van der Waals surface area contributed by atoms with Crippen molar-refractivity contribution in [2.24, 2.45) is 0 Å². The first kappa shape index (κ1) is 30.7. The van der Waals surface area contributed by atoms with Crippen LogP contribution in [0, 0.1) is 0 Å². The smallest absolute Gasteiger partial charge is 0.256 e. The lowest BCUT2D eigenvalue weighted by Gasteiger charge is -2.30. The number of methoxy groups -OCH3 is 2. The molecule has 9 nitrogen and oxygen atoms in total. The van der Waals surface area contributed by atoms with E-state index >= 15 is 0 Å². The Hall–Kier alpha value is -2.71. The fourth-order valence-electron chi connectivity index (χ4n) is 5.00. The molecule has 2 aromatic carbocycles. The number of aromatic nitrogens is 1. The van der Waals surface area contributed by atoms with Gasteiger partial charge in [0, 0.05) is 62.4 Å². The molecule has 0 aliphatic carbocycles. The molecule has 5 rings (SSSR count). The number of para-hydroxylation sites is 1. The Bertz CT molecular complexity index is 1610. The van der Waals surface area contributed by atoms with Crippen LogP contribution in [0.2, 0.25) is 0 Å². The Morgan fingerprint density at radius 2 is 1.74 bits per heavy atom. The standard InChI is InChI=1S/C30H36N4O5S3/c1-20(2)33-14-13-23-26(19-33)41-30(27(23)29-31-24-7-5-6-8-25(24)40-29)32-28(35)21-9-11-22(12-10-21)42(36,37)34(15-17-38-3)16-18-39-4/h5-12,20H,13-19H2,1-4H3,(H,32,35). The number of thiophene rings is 1. The van der Waals surface area contributed by atoms with Gasteiger partial charge in [-0.2, -0.15) is 4.31 Å². The number of amides is 1. The van der Waals surface area contributed by atoms with Crippen molar-refractivity contribution in [2.45, 2.75) is 37.8 Å². The Morgan fingerprint density at radius 3 is 2.38 bits per heavy atom. The lowest BCUT2D eigenvalue weighted by Crippen LogP contribution is -2.36. The second-order valence-corrected chi connectivity index (χ2v) is 14.5. The van der Waals surface area contributed by atoms with Gasteiger partial charge in [-0.1, -0.05) is 12.1 Å². The van der Waals surface area contributed by atoms with E-state index in [-0.39, 0.29) is 37.1 Å². The molecule has 0 atom stereocenters. The van der Waals surface area contributed by atoms with Gasteiger partial charge < -0.3 is 14.8 Å². The first-order valence-electron chi connectivity index (χ1n) is 13.9. The molecular formula is C30H36N4O5S3. The molecule has 0 unspecified atom stereocenters. The minimum absolute atomic E-state index is 0.113. The van der Waals surface area contributed by atoms with Gasteiger partial charge in [-0.25, -0.2) is 13.4 Å². The summed E-state index contributed by atoms with van der Waals surface area (Å²) in [6.45, 7) is 7.13. The van der Waals surface area contributed by atoms with Crippen LogP contribution < -0.4 is 5.32 Å². The number of nitrogens with one attached hydrogen (secondary N) is 1. The van der Waals surface area contributed by atoms with Crippen LogP contribution in [0.25, 0.3) is 20.8 Å². The molecule has 0 fully saturated rings. The summed E-state index contributed by atoms with van der Waals surface area (Å²) in [5, 5.41) is 4.82. The van der Waals surface area contributed by atoms with Crippen molar-refractivity contribution in [3.8, 4) is 10.6 Å². The molecule has 1 aliphatic heterocycles. The minimum atomic E-state index is -3.78. The van der Waals surface area contributed by atoms with Crippen LogP contribution in [0.15, 0.2) is 53.4 Å². The molecule has 2 aromatic heterocycles. The zero-order valence-electron chi connectivity index (χ0n) is 24.3. The number of benzene rings is 2. The summed E-state index contributed by atoms with van der Waals surface area (Å²) in [4.78, 5) is 22.2. The number of carbonyl (C=O) groups excluding carboxylic acids is 1. The summed E-state index contributed by atoms with van der Waals surface area (Å²) in [5.74, 6) is -0.295. The number of ether oxygens (including phenoxy) is 2. The van der Waals surface area contributed by atoms with Gasteiger partial charge in [0.1, 0.15) is 10.0 Å². The van der Waals surface area contributed by atoms with Crippen molar-refractivity contribution in [3.63, 3.8) is 0 Å². The number of fused-ring (bicyclic) bond motifs is 2. The summed E-state index contributed by atoms with van der Waals surface area (Å²) in [5.41, 5.74) is 3.56. The molecule has 0 spiro atoms. The van der Waals surface area contributed by atoms with Crippen LogP contribution in [0.4, 0.5) is 5.00 Å². The van der Waals surface area contributed by atoms with Crippen LogP contribution in [0.5, 0.6) is 0 Å². The molecular weight excluding hydrogens is 593 g/mol. The molecule has 42 heavy (non-hydrogen) atoms. The Kier molecular flexibility index (Phi) is 9.73. The van der Waals surface area contributed by atoms with Gasteiger partial charge in [0.15, 0.2) is 0 Å². The summed E-state index contributed by atoms with van der Waals surface area (Å²) in [6, 6.07) is 14.6. The van der Waals surface area contributed by atoms with Crippen molar-refractivity contribution >= 4 is 53.8 Å². The maximum atomic E-state index is 13.5. The number of hydrogen-bond donors (Lipinski definition) is 1. The highest BCUT2D eigenvalue weighted by atomic mass is 32.2. The van der Waals surface area contributed by atoms with E-state index in [9.17, 15) is 13.2 Å². The summed E-state index contributed by atoms with van der Waals surface area (Å²) in [6.07, 6.45) is 0.889. The lowest BCUT2D eigenvalue weighted by molar-refractivity contribution is 0.102. The molecule has 0 bridgehead atoms. The molecule has 4 aromatic rings. The predicted octanol–water partition coefficient (Wildman–Crippen LogP) is 5.33. The molecule has 0 radical (unpaired) electrons. The third-order valence-electron chi connectivity index (χ3n) is 7.40. The largest absolute Gasteiger partial charge is 0.383 e. The molecule has 0 saturated heterocycles. The molecule has 12 heteroatoms. The summed E-state index contributed by atoms with van der Waals surface area (Å²) >= 11 is 3.24. The van der Waals surface area contributed by atoms with E-state index in [4.69, 9.17) is 14.5 Å². The highest BCUT2D eigenvalue weighted by molar-refractivity contribution is 7.89. The van der Waals surface area contributed by atoms with Crippen LogP contribution >= 0.6 is 22.7 Å². The monoisotopic (exact) mass is 628 g/mol. The zero-order chi connectivity index (χ0) is 29.9. The average molecular weight is 629 g/mol. The van der Waals surface area contributed by atoms with E-state index in [0.29, 0.717) is 11.6 Å². The number of anilines is 1. The third-order valence-corrected chi connectivity index (χ3v) is 11.5. The van der Waals surface area contributed by atoms with Gasteiger partial charge in [-0.15, -0.1) is 22.7 Å². The van der Waals surface area contributed by atoms with E-state index in [1.54, 1.807) is 34.8 Å². The van der Waals surface area contributed by atoms with E-state index < -0.39 is 10.0 Å². The van der Waals surface area contributed by atoms with Gasteiger partial charge >= 0.3 is 0 Å². The highest BCUT2D eigenvalue weighted by Crippen LogP contribution is 2.46. The van der Waals surface area contributed by atoms with E-state index in [2.05, 4.69) is 30.1 Å². The highest BCUT2D eigenvalue weighted by Gasteiger charge is 2.29. The average Bonchev–Trinajstić information content (AvgIpc) is 3.57. The zero-order valence-corrected chi connectivity index (χ0v) is 26.7. The first-order valence-corrected chi connectivity index (χ1v) is 16.9. The normalized spacial score (nSPS) is 14.1. The SMILES string of the molecule is COCCN(CCOC)S(=O)(=O)c1ccc(C(=O)Nc2sc3c(c2-c2nc4ccccc4s2)CCN(C(C)C)C3)cc1. The second-order valence-electron chi connectivity index (χ2n) is 10.4. The van der Waals surface area contributed by atoms with Crippen LogP contribution in [0.1, 0.15) is 34.6 Å². The maximum Gasteiger partial charge on any atom is 0.256 e. The van der Waals surface area contributed by atoms with E-state index in [0.717, 1.165) is 45.3 Å². The fraction of sp³-hybridized carbons (Fsp3) is 0.400. The van der Waals surface area contributed by atoms with Gasteiger partial charge in [0.05, 0.1) is 28.3 Å². The summed E-state index contributed by atoms with van der Waals surface area (Å²) in [7, 11) is -0.727. The molecule has 3 heterocycles. The Balaban J connectivity index is 1.43. The molecule has 0 saturated carbocycles. The van der Waals surface area contributed by atoms with Crippen molar-refractivity contribution < 1.29 is 22.7 Å². The maximum absolute atomic E-state index is 13.5. The van der Waals surface area contributed by atoms with Crippen LogP contribution in [0.3, 0.4) is 0 Å². The predicted molar refractivity (Wildman–Crippen MR) is 169 cm³/mol. The Morgan fingerprint density at radius 1 is 1.05 bits per heavy atom. The minimum Gasteiger partial charge on any atom is -0.383 e. The quantitative estimate of drug-likeness (QED) is 0.226. The van der Waals surface area contributed by atoms with Gasteiger partial charge in [-0.3, -0.25) is 9.69 Å². The molecule has 1 amide bonds. The number of sulfonamides is 1. The third kappa shape index (κ3) is 6.45. The number of hydrogen-bond acceptors (Lipinski definition) is 9. The van der Waals surface area contributed by atoms with Crippen molar-refractivity contribution in [1.82, 2.24) is 14.2 Å². The number of rotatable bonds is 12. The van der Waals surface area contributed by atoms with Gasteiger partial charge in [0.25, 0.3) is 5.91 Å².